The van der Waals surface area contributed by atoms with Crippen molar-refractivity contribution < 1.29 is 9.90 Å². The van der Waals surface area contributed by atoms with E-state index in [2.05, 4.69) is 24.5 Å². The monoisotopic (exact) mass is 254 g/mol. The second-order valence-electron chi connectivity index (χ2n) is 6.44. The van der Waals surface area contributed by atoms with Gasteiger partial charge in [0, 0.05) is 18.0 Å². The zero-order chi connectivity index (χ0) is 13.2. The molecule has 2 saturated carbocycles. The maximum absolute atomic E-state index is 11.9. The first-order valence-corrected chi connectivity index (χ1v) is 7.19. The van der Waals surface area contributed by atoms with Crippen LogP contribution in [0.3, 0.4) is 0 Å². The van der Waals surface area contributed by atoms with Crippen molar-refractivity contribution in [3.63, 3.8) is 0 Å². The molecule has 2 rings (SSSR count). The molecule has 104 valence electrons. The fraction of sp³-hybridized carbons (Fsp3) is 0.929. The first-order valence-electron chi connectivity index (χ1n) is 7.19. The van der Waals surface area contributed by atoms with E-state index in [1.54, 1.807) is 0 Å². The Morgan fingerprint density at radius 3 is 2.67 bits per heavy atom. The first kappa shape index (κ1) is 13.7. The van der Waals surface area contributed by atoms with Gasteiger partial charge in [-0.1, -0.05) is 20.3 Å². The van der Waals surface area contributed by atoms with E-state index in [1.807, 2.05) is 0 Å². The lowest BCUT2D eigenvalue weighted by Gasteiger charge is -2.30. The molecule has 0 spiro atoms. The average molecular weight is 254 g/mol. The summed E-state index contributed by atoms with van der Waals surface area (Å²) in [5, 5.41) is 15.5. The molecule has 4 heteroatoms. The Balaban J connectivity index is 1.77. The van der Waals surface area contributed by atoms with Crippen LogP contribution in [0.2, 0.25) is 0 Å². The minimum Gasteiger partial charge on any atom is -0.396 e. The lowest BCUT2D eigenvalue weighted by Crippen LogP contribution is -2.49. The molecule has 2 aliphatic carbocycles. The summed E-state index contributed by atoms with van der Waals surface area (Å²) in [6.45, 7) is 5.18. The Bertz CT molecular complexity index is 315. The van der Waals surface area contributed by atoms with E-state index in [1.165, 1.54) is 12.8 Å². The van der Waals surface area contributed by atoms with Crippen molar-refractivity contribution in [2.24, 2.45) is 10.8 Å². The van der Waals surface area contributed by atoms with Crippen molar-refractivity contribution in [1.29, 1.82) is 0 Å². The summed E-state index contributed by atoms with van der Waals surface area (Å²) >= 11 is 0. The van der Waals surface area contributed by atoms with Crippen LogP contribution in [0.5, 0.6) is 0 Å². The van der Waals surface area contributed by atoms with E-state index >= 15 is 0 Å². The second kappa shape index (κ2) is 5.08. The van der Waals surface area contributed by atoms with E-state index in [0.717, 1.165) is 32.2 Å². The number of urea groups is 1. The van der Waals surface area contributed by atoms with Crippen molar-refractivity contribution in [1.82, 2.24) is 10.6 Å². The van der Waals surface area contributed by atoms with Crippen LogP contribution in [-0.2, 0) is 0 Å². The van der Waals surface area contributed by atoms with Gasteiger partial charge in [-0.25, -0.2) is 4.79 Å². The van der Waals surface area contributed by atoms with Crippen LogP contribution in [0.25, 0.3) is 0 Å². The third kappa shape index (κ3) is 2.79. The molecule has 0 radical (unpaired) electrons. The van der Waals surface area contributed by atoms with Crippen LogP contribution in [0, 0.1) is 10.8 Å². The molecule has 0 heterocycles. The molecule has 3 N–H and O–H groups in total. The molecule has 0 bridgehead atoms. The number of hydrogen-bond acceptors (Lipinski definition) is 2. The lowest BCUT2D eigenvalue weighted by molar-refractivity contribution is 0.121. The van der Waals surface area contributed by atoms with E-state index in [9.17, 15) is 9.90 Å². The highest BCUT2D eigenvalue weighted by molar-refractivity contribution is 5.74. The predicted molar refractivity (Wildman–Crippen MR) is 71.3 cm³/mol. The van der Waals surface area contributed by atoms with E-state index in [4.69, 9.17) is 0 Å². The second-order valence-corrected chi connectivity index (χ2v) is 6.44. The molecule has 4 nitrogen and oxygen atoms in total. The number of aliphatic hydroxyl groups is 1. The van der Waals surface area contributed by atoms with Gasteiger partial charge in [-0.05, 0) is 37.5 Å². The topological polar surface area (TPSA) is 61.4 Å². The molecule has 2 fully saturated rings. The number of carbonyl (C=O) groups excluding carboxylic acids is 1. The predicted octanol–water partition coefficient (Wildman–Crippen LogP) is 2.03. The zero-order valence-corrected chi connectivity index (χ0v) is 11.6. The van der Waals surface area contributed by atoms with Crippen molar-refractivity contribution >= 4 is 6.03 Å². The van der Waals surface area contributed by atoms with Crippen molar-refractivity contribution in [3.8, 4) is 0 Å². The molecule has 2 unspecified atom stereocenters. The van der Waals surface area contributed by atoms with Gasteiger partial charge in [0.15, 0.2) is 0 Å². The summed E-state index contributed by atoms with van der Waals surface area (Å²) < 4.78 is 0. The largest absolute Gasteiger partial charge is 0.396 e. The maximum atomic E-state index is 11.9. The molecule has 2 aliphatic rings. The SMILES string of the molecule is CCC1(CNC(=O)NC2CCCC2(C)CO)CC1. The van der Waals surface area contributed by atoms with Gasteiger partial charge in [0.05, 0.1) is 6.61 Å². The Morgan fingerprint density at radius 2 is 2.11 bits per heavy atom. The fourth-order valence-corrected chi connectivity index (χ4v) is 2.98. The van der Waals surface area contributed by atoms with Crippen LogP contribution >= 0.6 is 0 Å². The number of nitrogens with one attached hydrogen (secondary N) is 2. The van der Waals surface area contributed by atoms with Gasteiger partial charge in [0.2, 0.25) is 0 Å². The Kier molecular flexibility index (Phi) is 3.85. The normalized spacial score (nSPS) is 33.2. The quantitative estimate of drug-likeness (QED) is 0.703. The van der Waals surface area contributed by atoms with E-state index in [0.29, 0.717) is 5.41 Å². The lowest BCUT2D eigenvalue weighted by atomic mass is 9.86. The summed E-state index contributed by atoms with van der Waals surface area (Å²) in [6.07, 6.45) is 6.67. The van der Waals surface area contributed by atoms with E-state index in [-0.39, 0.29) is 24.1 Å². The Morgan fingerprint density at radius 1 is 1.39 bits per heavy atom. The molecular formula is C14H26N2O2. The van der Waals surface area contributed by atoms with E-state index < -0.39 is 0 Å². The maximum Gasteiger partial charge on any atom is 0.315 e. The minimum absolute atomic E-state index is 0.0682. The summed E-state index contributed by atoms with van der Waals surface area (Å²) in [7, 11) is 0. The third-order valence-electron chi connectivity index (χ3n) is 5.08. The van der Waals surface area contributed by atoms with Gasteiger partial charge in [-0.2, -0.15) is 0 Å². The summed E-state index contributed by atoms with van der Waals surface area (Å²) in [6, 6.07) is 0.0422. The molecular weight excluding hydrogens is 228 g/mol. The van der Waals surface area contributed by atoms with Gasteiger partial charge in [0.25, 0.3) is 0 Å². The highest BCUT2D eigenvalue weighted by atomic mass is 16.3. The van der Waals surface area contributed by atoms with Gasteiger partial charge in [0.1, 0.15) is 0 Å². The Labute approximate surface area is 110 Å². The van der Waals surface area contributed by atoms with Crippen LogP contribution < -0.4 is 10.6 Å². The number of rotatable bonds is 5. The fourth-order valence-electron chi connectivity index (χ4n) is 2.98. The molecule has 0 aromatic rings. The third-order valence-corrected chi connectivity index (χ3v) is 5.08. The van der Waals surface area contributed by atoms with Crippen LogP contribution in [-0.4, -0.2) is 30.3 Å². The minimum atomic E-state index is -0.140. The molecule has 0 aliphatic heterocycles. The Hall–Kier alpha value is -0.770. The van der Waals surface area contributed by atoms with Crippen LogP contribution in [0.1, 0.15) is 52.4 Å². The highest BCUT2D eigenvalue weighted by Gasteiger charge is 2.42. The molecule has 0 aromatic carbocycles. The molecule has 18 heavy (non-hydrogen) atoms. The van der Waals surface area contributed by atoms with Gasteiger partial charge < -0.3 is 15.7 Å². The number of carbonyl (C=O) groups is 1. The average Bonchev–Trinajstić information content (AvgIpc) is 3.07. The van der Waals surface area contributed by atoms with Crippen LogP contribution in [0.15, 0.2) is 0 Å². The molecule has 0 saturated heterocycles. The first-order chi connectivity index (χ1) is 8.53. The summed E-state index contributed by atoms with van der Waals surface area (Å²) in [4.78, 5) is 11.9. The molecule has 2 atom stereocenters. The number of hydrogen-bond donors (Lipinski definition) is 3. The van der Waals surface area contributed by atoms with Crippen molar-refractivity contribution in [3.05, 3.63) is 0 Å². The standard InChI is InChI=1S/C14H26N2O2/c1-3-14(7-8-14)9-15-12(18)16-11-5-4-6-13(11,2)10-17/h11,17H,3-10H2,1-2H3,(H2,15,16,18). The van der Waals surface area contributed by atoms with Crippen molar-refractivity contribution in [2.75, 3.05) is 13.2 Å². The molecule has 0 aromatic heterocycles. The summed E-state index contributed by atoms with van der Waals surface area (Å²) in [5.41, 5.74) is 0.243. The van der Waals surface area contributed by atoms with Crippen LogP contribution in [0.4, 0.5) is 4.79 Å². The van der Waals surface area contributed by atoms with Gasteiger partial charge >= 0.3 is 6.03 Å². The highest BCUT2D eigenvalue weighted by Crippen LogP contribution is 2.47. The van der Waals surface area contributed by atoms with Crippen molar-refractivity contribution in [2.45, 2.75) is 58.4 Å². The van der Waals surface area contributed by atoms with Gasteiger partial charge in [-0.15, -0.1) is 0 Å². The zero-order valence-electron chi connectivity index (χ0n) is 11.6. The summed E-state index contributed by atoms with van der Waals surface area (Å²) in [5.74, 6) is 0. The number of amides is 2. The van der Waals surface area contributed by atoms with Gasteiger partial charge in [-0.3, -0.25) is 0 Å². The number of aliphatic hydroxyl groups excluding tert-OH is 1. The smallest absolute Gasteiger partial charge is 0.315 e. The molecule has 2 amide bonds.